The minimum absolute atomic E-state index is 0.871. The summed E-state index contributed by atoms with van der Waals surface area (Å²) in [7, 11) is 0. The van der Waals surface area contributed by atoms with Crippen LogP contribution >= 0.6 is 11.3 Å². The molecule has 2 heterocycles. The lowest BCUT2D eigenvalue weighted by Gasteiger charge is -2.38. The van der Waals surface area contributed by atoms with Crippen LogP contribution in [0.15, 0.2) is 17.5 Å². The highest BCUT2D eigenvalue weighted by Crippen LogP contribution is 2.37. The van der Waals surface area contributed by atoms with Crippen LogP contribution in [0, 0.1) is 0 Å². The molecule has 2 fully saturated rings. The monoisotopic (exact) mass is 249 g/mol. The summed E-state index contributed by atoms with van der Waals surface area (Å²) >= 11 is 1.95. The minimum Gasteiger partial charge on any atom is -0.300 e. The summed E-state index contributed by atoms with van der Waals surface area (Å²) < 4.78 is 0. The van der Waals surface area contributed by atoms with E-state index in [2.05, 4.69) is 22.4 Å². The number of likely N-dealkylation sites (tertiary alicyclic amines) is 1. The Morgan fingerprint density at radius 3 is 2.41 bits per heavy atom. The van der Waals surface area contributed by atoms with E-state index in [0.29, 0.717) is 0 Å². The van der Waals surface area contributed by atoms with Gasteiger partial charge in [0.15, 0.2) is 0 Å². The van der Waals surface area contributed by atoms with Crippen LogP contribution in [0.5, 0.6) is 0 Å². The molecular weight excluding hydrogens is 226 g/mol. The van der Waals surface area contributed by atoms with Crippen LogP contribution in [0.1, 0.15) is 55.7 Å². The average Bonchev–Trinajstić information content (AvgIpc) is 2.94. The van der Waals surface area contributed by atoms with Crippen molar-refractivity contribution in [2.75, 3.05) is 13.1 Å². The third-order valence-corrected chi connectivity index (χ3v) is 5.58. The van der Waals surface area contributed by atoms with Gasteiger partial charge in [-0.1, -0.05) is 12.5 Å². The van der Waals surface area contributed by atoms with Crippen LogP contribution in [0.2, 0.25) is 0 Å². The second-order valence-corrected chi connectivity index (χ2v) is 6.60. The lowest BCUT2D eigenvalue weighted by molar-refractivity contribution is 0.125. The molecule has 1 aliphatic carbocycles. The number of piperidine rings is 1. The van der Waals surface area contributed by atoms with Gasteiger partial charge in [0.25, 0.3) is 0 Å². The number of hydrogen-bond acceptors (Lipinski definition) is 2. The summed E-state index contributed by atoms with van der Waals surface area (Å²) in [5.41, 5.74) is 0. The highest BCUT2D eigenvalue weighted by atomic mass is 32.1. The molecule has 0 spiro atoms. The molecule has 1 aliphatic heterocycles. The standard InChI is InChI=1S/C15H23NS/c1-2-10-16(11-3-1)14-8-6-13(7-9-14)15-5-4-12-17-15/h4-5,12-14H,1-3,6-11H2. The summed E-state index contributed by atoms with van der Waals surface area (Å²) in [6.45, 7) is 2.74. The normalized spacial score (nSPS) is 31.5. The van der Waals surface area contributed by atoms with Crippen LogP contribution in [-0.2, 0) is 0 Å². The second kappa shape index (κ2) is 5.53. The molecule has 0 aromatic carbocycles. The zero-order valence-corrected chi connectivity index (χ0v) is 11.4. The topological polar surface area (TPSA) is 3.24 Å². The fraction of sp³-hybridized carbons (Fsp3) is 0.733. The van der Waals surface area contributed by atoms with Gasteiger partial charge >= 0.3 is 0 Å². The Kier molecular flexibility index (Phi) is 3.82. The first kappa shape index (κ1) is 11.7. The first-order chi connectivity index (χ1) is 8.43. The van der Waals surface area contributed by atoms with E-state index in [0.717, 1.165) is 12.0 Å². The van der Waals surface area contributed by atoms with Crippen LogP contribution in [0.25, 0.3) is 0 Å². The van der Waals surface area contributed by atoms with Gasteiger partial charge in [-0.3, -0.25) is 0 Å². The molecule has 1 aromatic rings. The molecule has 0 N–H and O–H groups in total. The third kappa shape index (κ3) is 2.74. The maximum Gasteiger partial charge on any atom is 0.00956 e. The zero-order valence-electron chi connectivity index (χ0n) is 10.6. The van der Waals surface area contributed by atoms with Gasteiger partial charge in [0.05, 0.1) is 0 Å². The maximum absolute atomic E-state index is 2.77. The van der Waals surface area contributed by atoms with Crippen molar-refractivity contribution < 1.29 is 0 Å². The molecule has 2 aliphatic rings. The van der Waals surface area contributed by atoms with Crippen LogP contribution in [0.3, 0.4) is 0 Å². The Bertz CT molecular complexity index is 319. The van der Waals surface area contributed by atoms with Crippen molar-refractivity contribution in [2.45, 2.75) is 56.9 Å². The van der Waals surface area contributed by atoms with Gasteiger partial charge in [-0.05, 0) is 69.0 Å². The fourth-order valence-electron chi connectivity index (χ4n) is 3.53. The summed E-state index contributed by atoms with van der Waals surface area (Å²) in [5, 5.41) is 2.23. The van der Waals surface area contributed by atoms with Crippen molar-refractivity contribution in [3.05, 3.63) is 22.4 Å². The second-order valence-electron chi connectivity index (χ2n) is 5.62. The Morgan fingerprint density at radius 1 is 1.00 bits per heavy atom. The van der Waals surface area contributed by atoms with Crippen molar-refractivity contribution >= 4 is 11.3 Å². The Hall–Kier alpha value is -0.340. The molecule has 1 nitrogen and oxygen atoms in total. The minimum atomic E-state index is 0.871. The Labute approximate surface area is 109 Å². The number of thiophene rings is 1. The van der Waals surface area contributed by atoms with E-state index < -0.39 is 0 Å². The highest BCUT2D eigenvalue weighted by Gasteiger charge is 2.27. The third-order valence-electron chi connectivity index (χ3n) is 4.55. The molecule has 0 bridgehead atoms. The lowest BCUT2D eigenvalue weighted by atomic mass is 9.84. The van der Waals surface area contributed by atoms with Crippen molar-refractivity contribution in [3.63, 3.8) is 0 Å². The molecule has 0 amide bonds. The van der Waals surface area contributed by atoms with E-state index in [9.17, 15) is 0 Å². The molecule has 2 heteroatoms. The smallest absolute Gasteiger partial charge is 0.00956 e. The predicted molar refractivity (Wildman–Crippen MR) is 74.7 cm³/mol. The van der Waals surface area contributed by atoms with E-state index in [-0.39, 0.29) is 0 Å². The van der Waals surface area contributed by atoms with E-state index in [1.165, 1.54) is 58.0 Å². The fourth-order valence-corrected chi connectivity index (χ4v) is 4.43. The first-order valence-corrected chi connectivity index (χ1v) is 8.09. The first-order valence-electron chi connectivity index (χ1n) is 7.21. The van der Waals surface area contributed by atoms with Crippen LogP contribution in [0.4, 0.5) is 0 Å². The van der Waals surface area contributed by atoms with E-state index in [1.54, 1.807) is 4.88 Å². The van der Waals surface area contributed by atoms with Gasteiger partial charge in [0.2, 0.25) is 0 Å². The summed E-state index contributed by atoms with van der Waals surface area (Å²) in [6, 6.07) is 5.44. The summed E-state index contributed by atoms with van der Waals surface area (Å²) in [4.78, 5) is 4.40. The van der Waals surface area contributed by atoms with E-state index >= 15 is 0 Å². The molecule has 0 atom stereocenters. The van der Waals surface area contributed by atoms with Crippen molar-refractivity contribution in [3.8, 4) is 0 Å². The Morgan fingerprint density at radius 2 is 1.76 bits per heavy atom. The molecule has 3 rings (SSSR count). The van der Waals surface area contributed by atoms with Gasteiger partial charge in [-0.2, -0.15) is 0 Å². The van der Waals surface area contributed by atoms with Gasteiger partial charge in [-0.25, -0.2) is 0 Å². The SMILES string of the molecule is c1csc(C2CCC(N3CCCCC3)CC2)c1. The molecule has 94 valence electrons. The number of nitrogens with zero attached hydrogens (tertiary/aromatic N) is 1. The van der Waals surface area contributed by atoms with E-state index in [4.69, 9.17) is 0 Å². The molecule has 1 aromatic heterocycles. The zero-order chi connectivity index (χ0) is 11.5. The molecule has 1 saturated heterocycles. The molecule has 0 unspecified atom stereocenters. The van der Waals surface area contributed by atoms with Crippen molar-refractivity contribution in [1.29, 1.82) is 0 Å². The van der Waals surface area contributed by atoms with Gasteiger partial charge < -0.3 is 4.90 Å². The van der Waals surface area contributed by atoms with Crippen molar-refractivity contribution in [1.82, 2.24) is 4.90 Å². The van der Waals surface area contributed by atoms with Crippen LogP contribution in [-0.4, -0.2) is 24.0 Å². The molecular formula is C15H23NS. The molecule has 17 heavy (non-hydrogen) atoms. The largest absolute Gasteiger partial charge is 0.300 e. The number of rotatable bonds is 2. The van der Waals surface area contributed by atoms with Crippen LogP contribution < -0.4 is 0 Å². The number of hydrogen-bond donors (Lipinski definition) is 0. The summed E-state index contributed by atoms with van der Waals surface area (Å²) in [6.07, 6.45) is 10.0. The average molecular weight is 249 g/mol. The maximum atomic E-state index is 2.77. The summed E-state index contributed by atoms with van der Waals surface area (Å²) in [5.74, 6) is 0.871. The molecule has 1 saturated carbocycles. The quantitative estimate of drug-likeness (QED) is 0.757. The molecule has 0 radical (unpaired) electrons. The van der Waals surface area contributed by atoms with Crippen molar-refractivity contribution in [2.24, 2.45) is 0 Å². The van der Waals surface area contributed by atoms with Gasteiger partial charge in [-0.15, -0.1) is 11.3 Å². The van der Waals surface area contributed by atoms with Gasteiger partial charge in [0, 0.05) is 10.9 Å². The van der Waals surface area contributed by atoms with Gasteiger partial charge in [0.1, 0.15) is 0 Å². The lowest BCUT2D eigenvalue weighted by Crippen LogP contribution is -2.41. The Balaban J connectivity index is 1.53. The predicted octanol–water partition coefficient (Wildman–Crippen LogP) is 4.26. The van der Waals surface area contributed by atoms with E-state index in [1.807, 2.05) is 11.3 Å². The highest BCUT2D eigenvalue weighted by molar-refractivity contribution is 7.10.